The normalized spacial score (nSPS) is 10.1. The molecule has 102 valence electrons. The minimum absolute atomic E-state index is 0.433. The third kappa shape index (κ3) is 20.9. The van der Waals surface area contributed by atoms with Gasteiger partial charge in [-0.3, -0.25) is 0 Å². The number of hydrogen-bond acceptors (Lipinski definition) is 5. The second-order valence-corrected chi connectivity index (χ2v) is 3.60. The van der Waals surface area contributed by atoms with E-state index in [1.165, 1.54) is 13.8 Å². The molecule has 0 heterocycles. The van der Waals surface area contributed by atoms with Crippen LogP contribution in [0, 0.1) is 0 Å². The summed E-state index contributed by atoms with van der Waals surface area (Å²) in [6, 6.07) is 0. The van der Waals surface area contributed by atoms with Gasteiger partial charge in [0.1, 0.15) is 0 Å². The van der Waals surface area contributed by atoms with Crippen LogP contribution in [0.5, 0.6) is 0 Å². The van der Waals surface area contributed by atoms with Gasteiger partial charge in [-0.2, -0.15) is 4.89 Å². The Labute approximate surface area is 104 Å². The molecule has 8 heteroatoms. The van der Waals surface area contributed by atoms with Gasteiger partial charge in [0.15, 0.2) is 0 Å². The van der Waals surface area contributed by atoms with Crippen molar-refractivity contribution in [2.45, 2.75) is 39.4 Å². The third-order valence-electron chi connectivity index (χ3n) is 1.17. The number of carboxylic acid groups (broad SMARTS) is 2. The average molecular weight is 273 g/mol. The lowest BCUT2D eigenvalue weighted by Gasteiger charge is -2.21. The van der Waals surface area contributed by atoms with Crippen molar-refractivity contribution < 1.29 is 34.3 Å². The zero-order valence-corrected chi connectivity index (χ0v) is 10.7. The minimum atomic E-state index is -1.39. The van der Waals surface area contributed by atoms with E-state index in [-0.39, 0.29) is 0 Å². The number of halogens is 1. The van der Waals surface area contributed by atoms with Gasteiger partial charge in [0.2, 0.25) is 5.79 Å². The van der Waals surface area contributed by atoms with Gasteiger partial charge in [-0.15, -0.1) is 0 Å². The second-order valence-electron chi connectivity index (χ2n) is 3.28. The number of unbranched alkanes of at least 4 members (excludes halogenated alkanes) is 1. The molecule has 0 aromatic heterocycles. The first-order valence-corrected chi connectivity index (χ1v) is 5.20. The fraction of sp³-hybridized carbons (Fsp3) is 0.778. The standard InChI is InChI=1S/C8H16O5.CHClO2/c1-4-5-6-11-13-8(2,3)12-7(9)10;2-1(3)4/h4-6H2,1-3H3,(H,9,10);(H,3,4). The summed E-state index contributed by atoms with van der Waals surface area (Å²) in [4.78, 5) is 28.4. The molecule has 2 N–H and O–H groups in total. The maximum absolute atomic E-state index is 10.1. The van der Waals surface area contributed by atoms with Crippen molar-refractivity contribution in [2.75, 3.05) is 6.61 Å². The molecule has 0 aromatic rings. The molecule has 0 aliphatic carbocycles. The van der Waals surface area contributed by atoms with Gasteiger partial charge >= 0.3 is 11.6 Å². The summed E-state index contributed by atoms with van der Waals surface area (Å²) in [5.74, 6) is -1.25. The number of rotatable bonds is 6. The van der Waals surface area contributed by atoms with E-state index in [1.54, 1.807) is 0 Å². The number of ether oxygens (including phenoxy) is 1. The van der Waals surface area contributed by atoms with Gasteiger partial charge in [0, 0.05) is 25.4 Å². The molecule has 0 aliphatic rings. The molecule has 0 spiro atoms. The predicted octanol–water partition coefficient (Wildman–Crippen LogP) is 3.07. The van der Waals surface area contributed by atoms with E-state index in [2.05, 4.69) is 16.3 Å². The highest BCUT2D eigenvalue weighted by atomic mass is 35.5. The third-order valence-corrected chi connectivity index (χ3v) is 1.17. The lowest BCUT2D eigenvalue weighted by molar-refractivity contribution is -0.406. The van der Waals surface area contributed by atoms with E-state index >= 15 is 0 Å². The lowest BCUT2D eigenvalue weighted by Crippen LogP contribution is -2.31. The Morgan fingerprint density at radius 3 is 2.12 bits per heavy atom. The molecule has 0 saturated carbocycles. The Morgan fingerprint density at radius 1 is 1.29 bits per heavy atom. The highest BCUT2D eigenvalue weighted by Gasteiger charge is 2.24. The Bertz CT molecular complexity index is 225. The molecule has 7 nitrogen and oxygen atoms in total. The van der Waals surface area contributed by atoms with Crippen molar-refractivity contribution in [3.63, 3.8) is 0 Å². The molecular weight excluding hydrogens is 256 g/mol. The summed E-state index contributed by atoms with van der Waals surface area (Å²) in [5.41, 5.74) is -1.36. The smallest absolute Gasteiger partial charge is 0.469 e. The minimum Gasteiger partial charge on any atom is -0.469 e. The van der Waals surface area contributed by atoms with Crippen LogP contribution in [0.3, 0.4) is 0 Å². The second kappa shape index (κ2) is 10.1. The highest BCUT2D eigenvalue weighted by molar-refractivity contribution is 6.60. The fourth-order valence-electron chi connectivity index (χ4n) is 0.614. The van der Waals surface area contributed by atoms with E-state index in [9.17, 15) is 4.79 Å². The molecule has 0 radical (unpaired) electrons. The van der Waals surface area contributed by atoms with Gasteiger partial charge in [0.25, 0.3) is 0 Å². The topological polar surface area (TPSA) is 102 Å². The van der Waals surface area contributed by atoms with Crippen molar-refractivity contribution in [1.29, 1.82) is 0 Å². The van der Waals surface area contributed by atoms with Gasteiger partial charge in [-0.25, -0.2) is 14.5 Å². The molecule has 0 aromatic carbocycles. The molecule has 0 bridgehead atoms. The lowest BCUT2D eigenvalue weighted by atomic mass is 10.4. The first-order chi connectivity index (χ1) is 7.71. The molecule has 0 atom stereocenters. The van der Waals surface area contributed by atoms with Crippen molar-refractivity contribution in [3.8, 4) is 0 Å². The van der Waals surface area contributed by atoms with Gasteiger partial charge < -0.3 is 14.9 Å². The Kier molecular flexibility index (Phi) is 10.9. The van der Waals surface area contributed by atoms with E-state index in [1.807, 2.05) is 6.92 Å². The van der Waals surface area contributed by atoms with E-state index in [0.29, 0.717) is 6.61 Å². The molecule has 0 aliphatic heterocycles. The van der Waals surface area contributed by atoms with Crippen molar-refractivity contribution >= 4 is 23.2 Å². The van der Waals surface area contributed by atoms with Crippen LogP contribution in [0.1, 0.15) is 33.6 Å². The Morgan fingerprint density at radius 2 is 1.76 bits per heavy atom. The largest absolute Gasteiger partial charge is 0.508 e. The summed E-state index contributed by atoms with van der Waals surface area (Å²) in [6.45, 7) is 5.38. The zero-order valence-electron chi connectivity index (χ0n) is 9.93. The predicted molar refractivity (Wildman–Crippen MR) is 59.0 cm³/mol. The molecule has 0 rings (SSSR count). The van der Waals surface area contributed by atoms with Crippen LogP contribution >= 0.6 is 11.6 Å². The molecule has 17 heavy (non-hydrogen) atoms. The maximum Gasteiger partial charge on any atom is 0.508 e. The van der Waals surface area contributed by atoms with Crippen LogP contribution < -0.4 is 0 Å². The van der Waals surface area contributed by atoms with Crippen LogP contribution in [0.4, 0.5) is 9.59 Å². The first kappa shape index (κ1) is 18.3. The molecule has 0 fully saturated rings. The monoisotopic (exact) mass is 272 g/mol. The van der Waals surface area contributed by atoms with Crippen LogP contribution in [-0.2, 0) is 14.5 Å². The van der Waals surface area contributed by atoms with Crippen LogP contribution in [0.15, 0.2) is 0 Å². The zero-order chi connectivity index (χ0) is 13.9. The Balaban J connectivity index is 0. The SMILES string of the molecule is CCCCOOC(C)(C)OC(=O)O.O=C(O)Cl. The average Bonchev–Trinajstić information content (AvgIpc) is 2.09. The quantitative estimate of drug-likeness (QED) is 0.191. The van der Waals surface area contributed by atoms with Crippen molar-refractivity contribution in [1.82, 2.24) is 0 Å². The fourth-order valence-corrected chi connectivity index (χ4v) is 0.614. The summed E-state index contributed by atoms with van der Waals surface area (Å²) in [7, 11) is 0. The van der Waals surface area contributed by atoms with Crippen LogP contribution in [0.2, 0.25) is 0 Å². The number of hydrogen-bond donors (Lipinski definition) is 2. The maximum atomic E-state index is 10.1. The van der Waals surface area contributed by atoms with Crippen molar-refractivity contribution in [3.05, 3.63) is 0 Å². The Hall–Kier alpha value is -1.05. The van der Waals surface area contributed by atoms with Gasteiger partial charge in [-0.05, 0) is 6.42 Å². The summed E-state index contributed by atoms with van der Waals surface area (Å²) >= 11 is 4.19. The summed E-state index contributed by atoms with van der Waals surface area (Å²) in [5, 5.41) is 15.5. The van der Waals surface area contributed by atoms with E-state index < -0.39 is 17.4 Å². The van der Waals surface area contributed by atoms with Crippen LogP contribution in [-0.4, -0.2) is 34.2 Å². The molecule has 0 amide bonds. The summed E-state index contributed by atoms with van der Waals surface area (Å²) in [6.07, 6.45) is 0.469. The molecule has 0 saturated heterocycles. The molecule has 0 unspecified atom stereocenters. The van der Waals surface area contributed by atoms with Crippen molar-refractivity contribution in [2.24, 2.45) is 0 Å². The summed E-state index contributed by atoms with van der Waals surface area (Å²) < 4.78 is 4.39. The highest BCUT2D eigenvalue weighted by Crippen LogP contribution is 2.11. The number of carbonyl (C=O) groups is 2. The van der Waals surface area contributed by atoms with E-state index in [0.717, 1.165) is 12.8 Å². The van der Waals surface area contributed by atoms with Gasteiger partial charge in [0.05, 0.1) is 6.61 Å². The van der Waals surface area contributed by atoms with Crippen LogP contribution in [0.25, 0.3) is 0 Å². The van der Waals surface area contributed by atoms with E-state index in [4.69, 9.17) is 24.8 Å². The van der Waals surface area contributed by atoms with Gasteiger partial charge in [-0.1, -0.05) is 13.3 Å². The molecular formula is C9H17ClO7. The first-order valence-electron chi connectivity index (χ1n) is 4.82.